The molecule has 27 heavy (non-hydrogen) atoms. The summed E-state index contributed by atoms with van der Waals surface area (Å²) in [4.78, 5) is 23.2. The number of carboxylic acid groups (broad SMARTS) is 1. The fourth-order valence-corrected chi connectivity index (χ4v) is 2.45. The van der Waals surface area contributed by atoms with Gasteiger partial charge in [0.2, 0.25) is 0 Å². The minimum absolute atomic E-state index is 0.0170. The van der Waals surface area contributed by atoms with Gasteiger partial charge in [0.05, 0.1) is 11.5 Å². The fraction of sp³-hybridized carbons (Fsp3) is 0.333. The topological polar surface area (TPSA) is 88.8 Å². The highest BCUT2D eigenvalue weighted by Crippen LogP contribution is 2.34. The summed E-state index contributed by atoms with van der Waals surface area (Å²) in [6.45, 7) is 1.75. The van der Waals surface area contributed by atoms with E-state index in [1.807, 2.05) is 6.92 Å². The van der Waals surface area contributed by atoms with Crippen LogP contribution in [0.2, 0.25) is 0 Å². The van der Waals surface area contributed by atoms with Gasteiger partial charge in [0, 0.05) is 6.54 Å². The standard InChI is InChI=1S/C18H18F3NO5/c1-2-5-11(17(24)25)10-22-16(23)15-9-8-13(26-15)12-6-3-4-7-14(12)27-18(19,20)21/h3-4,6-9,11H,2,5,10H2,1H3,(H,22,23)(H,24,25). The lowest BCUT2D eigenvalue weighted by atomic mass is 10.0. The molecule has 9 heteroatoms. The van der Waals surface area contributed by atoms with E-state index in [0.717, 1.165) is 6.07 Å². The molecule has 0 radical (unpaired) electrons. The minimum atomic E-state index is -4.87. The Kier molecular flexibility index (Phi) is 6.49. The van der Waals surface area contributed by atoms with Crippen molar-refractivity contribution >= 4 is 11.9 Å². The number of rotatable bonds is 8. The van der Waals surface area contributed by atoms with Crippen LogP contribution in [0.3, 0.4) is 0 Å². The number of nitrogens with one attached hydrogen (secondary N) is 1. The molecule has 0 aliphatic carbocycles. The summed E-state index contributed by atoms with van der Waals surface area (Å²) in [6, 6.07) is 8.01. The third kappa shape index (κ3) is 5.77. The van der Waals surface area contributed by atoms with E-state index in [1.165, 1.54) is 30.3 Å². The summed E-state index contributed by atoms with van der Waals surface area (Å²) in [6.07, 6.45) is -3.82. The highest BCUT2D eigenvalue weighted by atomic mass is 19.4. The first-order chi connectivity index (χ1) is 12.7. The van der Waals surface area contributed by atoms with Crippen LogP contribution in [0.1, 0.15) is 30.3 Å². The number of halogens is 3. The van der Waals surface area contributed by atoms with Crippen LogP contribution in [0.25, 0.3) is 11.3 Å². The van der Waals surface area contributed by atoms with Gasteiger partial charge in [-0.25, -0.2) is 0 Å². The van der Waals surface area contributed by atoms with Crippen LogP contribution < -0.4 is 10.1 Å². The van der Waals surface area contributed by atoms with Crippen molar-refractivity contribution in [1.29, 1.82) is 0 Å². The van der Waals surface area contributed by atoms with Crippen molar-refractivity contribution in [3.63, 3.8) is 0 Å². The lowest BCUT2D eigenvalue weighted by Crippen LogP contribution is -2.32. The number of furan rings is 1. The summed E-state index contributed by atoms with van der Waals surface area (Å²) in [7, 11) is 0. The van der Waals surface area contributed by atoms with E-state index in [0.29, 0.717) is 12.8 Å². The van der Waals surface area contributed by atoms with Crippen LogP contribution in [0.4, 0.5) is 13.2 Å². The van der Waals surface area contributed by atoms with Gasteiger partial charge in [-0.05, 0) is 30.7 Å². The molecule has 1 amide bonds. The Hall–Kier alpha value is -2.97. The van der Waals surface area contributed by atoms with Crippen molar-refractivity contribution in [1.82, 2.24) is 5.32 Å². The summed E-state index contributed by atoms with van der Waals surface area (Å²) in [5, 5.41) is 11.5. The smallest absolute Gasteiger partial charge is 0.481 e. The first-order valence-corrected chi connectivity index (χ1v) is 8.17. The van der Waals surface area contributed by atoms with E-state index in [9.17, 15) is 22.8 Å². The van der Waals surface area contributed by atoms with Crippen molar-refractivity contribution in [2.24, 2.45) is 5.92 Å². The van der Waals surface area contributed by atoms with Crippen molar-refractivity contribution in [3.05, 3.63) is 42.2 Å². The van der Waals surface area contributed by atoms with Crippen LogP contribution in [-0.4, -0.2) is 29.9 Å². The van der Waals surface area contributed by atoms with Crippen LogP contribution >= 0.6 is 0 Å². The Labute approximate surface area is 152 Å². The van der Waals surface area contributed by atoms with E-state index < -0.39 is 29.9 Å². The lowest BCUT2D eigenvalue weighted by molar-refractivity contribution is -0.274. The third-order valence-corrected chi connectivity index (χ3v) is 3.70. The number of carbonyl (C=O) groups is 2. The Balaban J connectivity index is 2.13. The van der Waals surface area contributed by atoms with Crippen molar-refractivity contribution < 1.29 is 37.0 Å². The maximum absolute atomic E-state index is 12.5. The largest absolute Gasteiger partial charge is 0.573 e. The number of hydrogen-bond acceptors (Lipinski definition) is 4. The molecular weight excluding hydrogens is 367 g/mol. The summed E-state index contributed by atoms with van der Waals surface area (Å²) >= 11 is 0. The second kappa shape index (κ2) is 8.61. The molecule has 2 aromatic rings. The molecule has 1 aromatic carbocycles. The van der Waals surface area contributed by atoms with Gasteiger partial charge in [0.1, 0.15) is 11.5 Å². The summed E-state index contributed by atoms with van der Waals surface area (Å²) < 4.78 is 46.8. The van der Waals surface area contributed by atoms with Crippen LogP contribution in [0, 0.1) is 5.92 Å². The molecule has 0 aliphatic rings. The number of carbonyl (C=O) groups excluding carboxylic acids is 1. The molecule has 1 atom stereocenters. The average molecular weight is 385 g/mol. The predicted octanol–water partition coefficient (Wildman–Crippen LogP) is 4.08. The molecule has 0 saturated carbocycles. The lowest BCUT2D eigenvalue weighted by Gasteiger charge is -2.12. The number of benzene rings is 1. The van der Waals surface area contributed by atoms with Gasteiger partial charge in [-0.1, -0.05) is 25.5 Å². The maximum atomic E-state index is 12.5. The molecule has 1 aromatic heterocycles. The number of ether oxygens (including phenoxy) is 1. The Bertz CT molecular complexity index is 800. The van der Waals surface area contributed by atoms with E-state index in [4.69, 9.17) is 9.52 Å². The van der Waals surface area contributed by atoms with Gasteiger partial charge in [-0.15, -0.1) is 13.2 Å². The number of aliphatic carboxylic acids is 1. The fourth-order valence-electron chi connectivity index (χ4n) is 2.45. The van der Waals surface area contributed by atoms with Gasteiger partial charge in [-0.3, -0.25) is 9.59 Å². The first-order valence-electron chi connectivity index (χ1n) is 8.17. The van der Waals surface area contributed by atoms with Gasteiger partial charge in [-0.2, -0.15) is 0 Å². The minimum Gasteiger partial charge on any atom is -0.481 e. The average Bonchev–Trinajstić information content (AvgIpc) is 3.07. The number of hydrogen-bond donors (Lipinski definition) is 2. The Morgan fingerprint density at radius 3 is 2.56 bits per heavy atom. The summed E-state index contributed by atoms with van der Waals surface area (Å²) in [5.41, 5.74) is 0.0308. The third-order valence-electron chi connectivity index (χ3n) is 3.70. The second-order valence-electron chi connectivity index (χ2n) is 5.74. The molecule has 146 valence electrons. The van der Waals surface area contributed by atoms with Gasteiger partial charge in [0.15, 0.2) is 5.76 Å². The normalized spacial score (nSPS) is 12.4. The second-order valence-corrected chi connectivity index (χ2v) is 5.74. The van der Waals surface area contributed by atoms with E-state index in [-0.39, 0.29) is 23.6 Å². The SMILES string of the molecule is CCCC(CNC(=O)c1ccc(-c2ccccc2OC(F)(F)F)o1)C(=O)O. The molecule has 0 fully saturated rings. The van der Waals surface area contributed by atoms with Crippen molar-refractivity contribution in [2.45, 2.75) is 26.1 Å². The van der Waals surface area contributed by atoms with Crippen LogP contribution in [0.5, 0.6) is 5.75 Å². The molecule has 0 bridgehead atoms. The number of alkyl halides is 3. The zero-order valence-corrected chi connectivity index (χ0v) is 14.4. The van der Waals surface area contributed by atoms with E-state index in [1.54, 1.807) is 0 Å². The van der Waals surface area contributed by atoms with Gasteiger partial charge < -0.3 is 19.6 Å². The molecule has 2 N–H and O–H groups in total. The quantitative estimate of drug-likeness (QED) is 0.715. The zero-order chi connectivity index (χ0) is 20.0. The predicted molar refractivity (Wildman–Crippen MR) is 89.2 cm³/mol. The van der Waals surface area contributed by atoms with Gasteiger partial charge >= 0.3 is 12.3 Å². The molecule has 0 aliphatic heterocycles. The van der Waals surface area contributed by atoms with Crippen molar-refractivity contribution in [3.8, 4) is 17.1 Å². The monoisotopic (exact) mass is 385 g/mol. The van der Waals surface area contributed by atoms with Crippen LogP contribution in [0.15, 0.2) is 40.8 Å². The first kappa shape index (κ1) is 20.3. The molecule has 0 saturated heterocycles. The number of para-hydroxylation sites is 1. The molecule has 6 nitrogen and oxygen atoms in total. The van der Waals surface area contributed by atoms with Crippen molar-refractivity contribution in [2.75, 3.05) is 6.54 Å². The summed E-state index contributed by atoms with van der Waals surface area (Å²) in [5.74, 6) is -2.99. The van der Waals surface area contributed by atoms with Crippen LogP contribution in [-0.2, 0) is 4.79 Å². The molecule has 2 rings (SSSR count). The van der Waals surface area contributed by atoms with E-state index in [2.05, 4.69) is 10.1 Å². The molecular formula is C18H18F3NO5. The molecule has 1 unspecified atom stereocenters. The zero-order valence-electron chi connectivity index (χ0n) is 14.4. The molecule has 0 spiro atoms. The number of amides is 1. The highest BCUT2D eigenvalue weighted by Gasteiger charge is 2.32. The Morgan fingerprint density at radius 2 is 1.93 bits per heavy atom. The Morgan fingerprint density at radius 1 is 1.22 bits per heavy atom. The van der Waals surface area contributed by atoms with E-state index >= 15 is 0 Å². The molecule has 1 heterocycles. The maximum Gasteiger partial charge on any atom is 0.573 e. The number of carboxylic acids is 1. The van der Waals surface area contributed by atoms with Gasteiger partial charge in [0.25, 0.3) is 5.91 Å². The highest BCUT2D eigenvalue weighted by molar-refractivity contribution is 5.92.